The Bertz CT molecular complexity index is 711. The minimum Gasteiger partial charge on any atom is -0.353 e. The number of carbonyl (C=O) groups is 1. The second-order valence-corrected chi connectivity index (χ2v) is 7.78. The molecular weight excluding hydrogens is 334 g/mol. The van der Waals surface area contributed by atoms with Gasteiger partial charge in [0.15, 0.2) is 0 Å². The third-order valence-electron chi connectivity index (χ3n) is 5.62. The average molecular weight is 366 g/mol. The quantitative estimate of drug-likeness (QED) is 0.672. The summed E-state index contributed by atoms with van der Waals surface area (Å²) in [5, 5.41) is 6.91. The molecule has 1 fully saturated rings. The molecule has 1 saturated carbocycles. The van der Waals surface area contributed by atoms with Crippen LogP contribution in [0.1, 0.15) is 49.8 Å². The van der Waals surface area contributed by atoms with E-state index in [4.69, 9.17) is 5.73 Å². The van der Waals surface area contributed by atoms with E-state index >= 15 is 0 Å². The molecule has 1 aliphatic rings. The van der Waals surface area contributed by atoms with E-state index in [2.05, 4.69) is 41.8 Å². The Morgan fingerprint density at radius 1 is 1.04 bits per heavy atom. The van der Waals surface area contributed by atoms with Crippen LogP contribution < -0.4 is 16.4 Å². The van der Waals surface area contributed by atoms with Crippen LogP contribution in [-0.2, 0) is 11.2 Å². The molecule has 2 aromatic rings. The molecule has 0 radical (unpaired) electrons. The zero-order valence-electron chi connectivity index (χ0n) is 16.2. The van der Waals surface area contributed by atoms with Gasteiger partial charge in [-0.25, -0.2) is 0 Å². The lowest BCUT2D eigenvalue weighted by atomic mass is 9.94. The van der Waals surface area contributed by atoms with Crippen LogP contribution in [0.3, 0.4) is 0 Å². The lowest BCUT2D eigenvalue weighted by Gasteiger charge is -2.34. The average Bonchev–Trinajstić information content (AvgIpc) is 3.16. The van der Waals surface area contributed by atoms with Crippen LogP contribution in [-0.4, -0.2) is 24.0 Å². The Labute approximate surface area is 162 Å². The molecule has 0 heterocycles. The summed E-state index contributed by atoms with van der Waals surface area (Å²) >= 11 is 0. The number of hydrogen-bond donors (Lipinski definition) is 3. The lowest BCUT2D eigenvalue weighted by Crippen LogP contribution is -2.54. The third kappa shape index (κ3) is 5.41. The molecule has 27 heavy (non-hydrogen) atoms. The normalized spacial score (nSPS) is 18.0. The molecule has 0 aromatic heterocycles. The molecule has 0 aliphatic heterocycles. The highest BCUT2D eigenvalue weighted by atomic mass is 16.2. The predicted molar refractivity (Wildman–Crippen MR) is 110 cm³/mol. The van der Waals surface area contributed by atoms with Gasteiger partial charge >= 0.3 is 0 Å². The molecule has 144 valence electrons. The van der Waals surface area contributed by atoms with Gasteiger partial charge in [-0.3, -0.25) is 4.79 Å². The minimum atomic E-state index is -0.516. The van der Waals surface area contributed by atoms with Gasteiger partial charge in [-0.15, -0.1) is 0 Å². The number of nitrogens with one attached hydrogen (secondary N) is 2. The van der Waals surface area contributed by atoms with Crippen LogP contribution in [0.15, 0.2) is 60.7 Å². The summed E-state index contributed by atoms with van der Waals surface area (Å²) in [5.74, 6) is -0.0701. The Morgan fingerprint density at radius 3 is 2.26 bits per heavy atom. The molecule has 2 unspecified atom stereocenters. The Morgan fingerprint density at radius 2 is 1.63 bits per heavy atom. The number of rotatable bonds is 8. The second-order valence-electron chi connectivity index (χ2n) is 7.78. The number of nitrogens with two attached hydrogens (primary N) is 1. The maximum atomic E-state index is 12.5. The van der Waals surface area contributed by atoms with E-state index in [0.29, 0.717) is 13.0 Å². The number of benzene rings is 2. The van der Waals surface area contributed by atoms with Gasteiger partial charge in [-0.1, -0.05) is 73.5 Å². The molecule has 1 amide bonds. The zero-order chi connectivity index (χ0) is 19.1. The minimum absolute atomic E-state index is 0.0443. The highest BCUT2D eigenvalue weighted by molar-refractivity contribution is 5.81. The molecular formula is C23H31N3O. The van der Waals surface area contributed by atoms with Crippen molar-refractivity contribution in [3.8, 4) is 0 Å². The van der Waals surface area contributed by atoms with E-state index in [1.807, 2.05) is 36.4 Å². The van der Waals surface area contributed by atoms with E-state index < -0.39 is 6.04 Å². The van der Waals surface area contributed by atoms with Gasteiger partial charge in [0.25, 0.3) is 0 Å². The van der Waals surface area contributed by atoms with E-state index in [1.165, 1.54) is 18.4 Å². The first kappa shape index (κ1) is 19.6. The zero-order valence-corrected chi connectivity index (χ0v) is 16.2. The van der Waals surface area contributed by atoms with Gasteiger partial charge in [-0.2, -0.15) is 0 Å². The van der Waals surface area contributed by atoms with Gasteiger partial charge in [0.1, 0.15) is 0 Å². The summed E-state index contributed by atoms with van der Waals surface area (Å²) in [4.78, 5) is 12.5. The first-order valence-corrected chi connectivity index (χ1v) is 9.98. The van der Waals surface area contributed by atoms with Crippen LogP contribution in [0.4, 0.5) is 0 Å². The standard InChI is InChI=1S/C23H31N3O/c1-18(20-12-6-3-7-13-20)26-23(14-8-9-15-23)17-25-22(27)21(24)16-19-10-4-2-5-11-19/h2-7,10-13,18,21,26H,8-9,14-17,24H2,1H3,(H,25,27). The number of amides is 1. The molecule has 2 aromatic carbocycles. The molecule has 0 saturated heterocycles. The fourth-order valence-corrected chi connectivity index (χ4v) is 4.06. The summed E-state index contributed by atoms with van der Waals surface area (Å²) in [5.41, 5.74) is 8.46. The Kier molecular flexibility index (Phi) is 6.64. The number of hydrogen-bond acceptors (Lipinski definition) is 3. The fourth-order valence-electron chi connectivity index (χ4n) is 4.06. The van der Waals surface area contributed by atoms with Crippen LogP contribution in [0.5, 0.6) is 0 Å². The molecule has 4 heteroatoms. The second kappa shape index (κ2) is 9.16. The molecule has 4 N–H and O–H groups in total. The van der Waals surface area contributed by atoms with E-state index in [9.17, 15) is 4.79 Å². The van der Waals surface area contributed by atoms with Crippen molar-refractivity contribution >= 4 is 5.91 Å². The van der Waals surface area contributed by atoms with Gasteiger partial charge in [-0.05, 0) is 37.3 Å². The van der Waals surface area contributed by atoms with Crippen molar-refractivity contribution in [2.24, 2.45) is 5.73 Å². The molecule has 2 atom stereocenters. The SMILES string of the molecule is CC(NC1(CNC(=O)C(N)Cc2ccccc2)CCCC1)c1ccccc1. The maximum absolute atomic E-state index is 12.5. The van der Waals surface area contributed by atoms with Gasteiger partial charge < -0.3 is 16.4 Å². The highest BCUT2D eigenvalue weighted by Gasteiger charge is 2.35. The number of carbonyl (C=O) groups excluding carboxylic acids is 1. The van der Waals surface area contributed by atoms with Crippen molar-refractivity contribution in [2.75, 3.05) is 6.54 Å². The Hall–Kier alpha value is -2.17. The highest BCUT2D eigenvalue weighted by Crippen LogP contribution is 2.31. The first-order valence-electron chi connectivity index (χ1n) is 9.98. The van der Waals surface area contributed by atoms with Crippen molar-refractivity contribution in [1.29, 1.82) is 0 Å². The van der Waals surface area contributed by atoms with E-state index in [1.54, 1.807) is 0 Å². The summed E-state index contributed by atoms with van der Waals surface area (Å²) in [6.45, 7) is 2.82. The maximum Gasteiger partial charge on any atom is 0.237 e. The predicted octanol–water partition coefficient (Wildman–Crippen LogP) is 3.34. The van der Waals surface area contributed by atoms with E-state index in [-0.39, 0.29) is 17.5 Å². The van der Waals surface area contributed by atoms with Crippen LogP contribution in [0.2, 0.25) is 0 Å². The van der Waals surface area contributed by atoms with E-state index in [0.717, 1.165) is 18.4 Å². The van der Waals surface area contributed by atoms with Crippen molar-refractivity contribution < 1.29 is 4.79 Å². The van der Waals surface area contributed by atoms with Crippen molar-refractivity contribution in [2.45, 2.75) is 56.7 Å². The summed E-state index contributed by atoms with van der Waals surface area (Å²) < 4.78 is 0. The topological polar surface area (TPSA) is 67.1 Å². The Balaban J connectivity index is 1.56. The largest absolute Gasteiger partial charge is 0.353 e. The van der Waals surface area contributed by atoms with Crippen molar-refractivity contribution in [1.82, 2.24) is 10.6 Å². The molecule has 3 rings (SSSR count). The molecule has 0 bridgehead atoms. The van der Waals surface area contributed by atoms with Crippen molar-refractivity contribution in [3.63, 3.8) is 0 Å². The van der Waals surface area contributed by atoms with Crippen molar-refractivity contribution in [3.05, 3.63) is 71.8 Å². The van der Waals surface area contributed by atoms with Gasteiger partial charge in [0, 0.05) is 18.1 Å². The van der Waals surface area contributed by atoms with Crippen LogP contribution >= 0.6 is 0 Å². The summed E-state index contributed by atoms with van der Waals surface area (Å²) in [6.07, 6.45) is 5.12. The third-order valence-corrected chi connectivity index (χ3v) is 5.62. The molecule has 0 spiro atoms. The summed E-state index contributed by atoms with van der Waals surface area (Å²) in [6, 6.07) is 20.1. The molecule has 1 aliphatic carbocycles. The fraction of sp³-hybridized carbons (Fsp3) is 0.435. The molecule has 4 nitrogen and oxygen atoms in total. The van der Waals surface area contributed by atoms with Gasteiger partial charge in [0.05, 0.1) is 6.04 Å². The lowest BCUT2D eigenvalue weighted by molar-refractivity contribution is -0.122. The van der Waals surface area contributed by atoms with Gasteiger partial charge in [0.2, 0.25) is 5.91 Å². The monoisotopic (exact) mass is 365 g/mol. The first-order chi connectivity index (χ1) is 13.1. The van der Waals surface area contributed by atoms with Crippen LogP contribution in [0.25, 0.3) is 0 Å². The smallest absolute Gasteiger partial charge is 0.237 e. The summed E-state index contributed by atoms with van der Waals surface area (Å²) in [7, 11) is 0. The van der Waals surface area contributed by atoms with Crippen LogP contribution in [0, 0.1) is 0 Å².